The van der Waals surface area contributed by atoms with Gasteiger partial charge in [0.05, 0.1) is 0 Å². The molecule has 1 aliphatic rings. The second kappa shape index (κ2) is 4.51. The Labute approximate surface area is 97.4 Å². The Hall–Kier alpha value is -0.250. The lowest BCUT2D eigenvalue weighted by atomic mass is 10.2. The maximum atomic E-state index is 6.22. The molecule has 14 heavy (non-hydrogen) atoms. The van der Waals surface area contributed by atoms with E-state index in [1.807, 2.05) is 12.1 Å². The van der Waals surface area contributed by atoms with Gasteiger partial charge in [0.1, 0.15) is 5.50 Å². The van der Waals surface area contributed by atoms with Crippen molar-refractivity contribution in [1.29, 1.82) is 0 Å². The third kappa shape index (κ3) is 2.22. The van der Waals surface area contributed by atoms with Crippen LogP contribution in [0.2, 0.25) is 0 Å². The molecule has 2 nitrogen and oxygen atoms in total. The van der Waals surface area contributed by atoms with Gasteiger partial charge in [0.2, 0.25) is 0 Å². The first-order valence-electron chi connectivity index (χ1n) is 4.64. The molecule has 1 unspecified atom stereocenters. The van der Waals surface area contributed by atoms with Crippen LogP contribution in [0.5, 0.6) is 0 Å². The van der Waals surface area contributed by atoms with Gasteiger partial charge < -0.3 is 10.2 Å². The molecule has 1 aromatic carbocycles. The molecule has 4 heteroatoms. The van der Waals surface area contributed by atoms with Crippen LogP contribution in [-0.2, 0) is 0 Å². The first-order chi connectivity index (χ1) is 6.77. The average Bonchev–Trinajstić information content (AvgIpc) is 2.18. The minimum Gasteiger partial charge on any atom is -0.353 e. The summed E-state index contributed by atoms with van der Waals surface area (Å²) in [7, 11) is 0. The highest BCUT2D eigenvalue weighted by Crippen LogP contribution is 2.23. The lowest BCUT2D eigenvalue weighted by molar-refractivity contribution is 0.559. The molecule has 0 saturated carbocycles. The molecule has 76 valence electrons. The molecule has 0 aromatic heterocycles. The van der Waals surface area contributed by atoms with Crippen LogP contribution in [0.15, 0.2) is 28.7 Å². The zero-order valence-corrected chi connectivity index (χ0v) is 10.1. The number of halogens is 2. The Balaban J connectivity index is 2.20. The zero-order valence-electron chi connectivity index (χ0n) is 7.71. The van der Waals surface area contributed by atoms with Gasteiger partial charge >= 0.3 is 0 Å². The Morgan fingerprint density at radius 2 is 2.36 bits per heavy atom. The highest BCUT2D eigenvalue weighted by molar-refractivity contribution is 9.10. The topological polar surface area (TPSA) is 15.3 Å². The molecule has 0 bridgehead atoms. The monoisotopic (exact) mass is 274 g/mol. The number of anilines is 1. The largest absolute Gasteiger partial charge is 0.353 e. The van der Waals surface area contributed by atoms with E-state index in [4.69, 9.17) is 11.6 Å². The maximum Gasteiger partial charge on any atom is 0.116 e. The molecular formula is C10H12BrClN2. The van der Waals surface area contributed by atoms with E-state index in [0.717, 1.165) is 24.1 Å². The van der Waals surface area contributed by atoms with E-state index in [1.165, 1.54) is 5.69 Å². The molecule has 1 heterocycles. The first-order valence-corrected chi connectivity index (χ1v) is 5.87. The molecule has 1 fully saturated rings. The van der Waals surface area contributed by atoms with E-state index in [9.17, 15) is 0 Å². The predicted molar refractivity (Wildman–Crippen MR) is 64.0 cm³/mol. The number of nitrogens with zero attached hydrogens (tertiary/aromatic N) is 1. The first kappa shape index (κ1) is 10.3. The number of rotatable bonds is 1. The molecule has 1 saturated heterocycles. The van der Waals surface area contributed by atoms with E-state index in [2.05, 4.69) is 38.3 Å². The van der Waals surface area contributed by atoms with Gasteiger partial charge in [0.25, 0.3) is 0 Å². The Morgan fingerprint density at radius 3 is 3.07 bits per heavy atom. The molecular weight excluding hydrogens is 263 g/mol. The third-order valence-corrected chi connectivity index (χ3v) is 3.20. The molecule has 0 aliphatic carbocycles. The highest BCUT2D eigenvalue weighted by Gasteiger charge is 2.19. The summed E-state index contributed by atoms with van der Waals surface area (Å²) in [4.78, 5) is 2.21. The summed E-state index contributed by atoms with van der Waals surface area (Å²) in [5.74, 6) is 0. The molecule has 0 spiro atoms. The van der Waals surface area contributed by atoms with Crippen molar-refractivity contribution in [1.82, 2.24) is 5.32 Å². The fourth-order valence-electron chi connectivity index (χ4n) is 1.62. The van der Waals surface area contributed by atoms with Gasteiger partial charge in [-0.2, -0.15) is 0 Å². The molecule has 2 rings (SSSR count). The van der Waals surface area contributed by atoms with Crippen molar-refractivity contribution >= 4 is 33.2 Å². The number of benzene rings is 1. The van der Waals surface area contributed by atoms with Crippen molar-refractivity contribution in [2.75, 3.05) is 24.5 Å². The van der Waals surface area contributed by atoms with Crippen molar-refractivity contribution in [2.45, 2.75) is 5.50 Å². The van der Waals surface area contributed by atoms with Crippen LogP contribution >= 0.6 is 27.5 Å². The van der Waals surface area contributed by atoms with Crippen LogP contribution in [0.25, 0.3) is 0 Å². The fraction of sp³-hybridized carbons (Fsp3) is 0.400. The van der Waals surface area contributed by atoms with Crippen LogP contribution < -0.4 is 10.2 Å². The van der Waals surface area contributed by atoms with Crippen LogP contribution in [0.1, 0.15) is 0 Å². The van der Waals surface area contributed by atoms with Gasteiger partial charge in [0.15, 0.2) is 0 Å². The van der Waals surface area contributed by atoms with E-state index >= 15 is 0 Å². The summed E-state index contributed by atoms with van der Waals surface area (Å²) in [6, 6.07) is 8.24. The number of alkyl halides is 1. The van der Waals surface area contributed by atoms with E-state index in [-0.39, 0.29) is 5.50 Å². The number of hydrogen-bond acceptors (Lipinski definition) is 2. The summed E-state index contributed by atoms with van der Waals surface area (Å²) < 4.78 is 1.09. The molecule has 1 N–H and O–H groups in total. The molecule has 1 aliphatic heterocycles. The normalized spacial score (nSPS) is 22.4. The number of piperazine rings is 1. The molecule has 1 atom stereocenters. The van der Waals surface area contributed by atoms with E-state index in [0.29, 0.717) is 0 Å². The molecule has 1 aromatic rings. The molecule has 0 radical (unpaired) electrons. The quantitative estimate of drug-likeness (QED) is 0.625. The lowest BCUT2D eigenvalue weighted by Gasteiger charge is -2.34. The summed E-state index contributed by atoms with van der Waals surface area (Å²) in [5.41, 5.74) is 1.24. The van der Waals surface area contributed by atoms with Gasteiger partial charge in [-0.05, 0) is 18.2 Å². The van der Waals surface area contributed by atoms with Crippen LogP contribution in [0.4, 0.5) is 5.69 Å². The van der Waals surface area contributed by atoms with Crippen LogP contribution in [0.3, 0.4) is 0 Å². The summed E-state index contributed by atoms with van der Waals surface area (Å²) in [5, 5.41) is 3.26. The zero-order chi connectivity index (χ0) is 9.97. The van der Waals surface area contributed by atoms with Gasteiger partial charge in [-0.25, -0.2) is 0 Å². The summed E-state index contributed by atoms with van der Waals surface area (Å²) >= 11 is 9.68. The van der Waals surface area contributed by atoms with Crippen molar-refractivity contribution in [3.63, 3.8) is 0 Å². The third-order valence-electron chi connectivity index (χ3n) is 2.32. The summed E-state index contributed by atoms with van der Waals surface area (Å²) in [6.45, 7) is 2.80. The van der Waals surface area contributed by atoms with Crippen molar-refractivity contribution < 1.29 is 0 Å². The number of hydrogen-bond donors (Lipinski definition) is 1. The van der Waals surface area contributed by atoms with Gasteiger partial charge in [-0.15, -0.1) is 0 Å². The predicted octanol–water partition coefficient (Wildman–Crippen LogP) is 2.42. The van der Waals surface area contributed by atoms with E-state index in [1.54, 1.807) is 0 Å². The minimum atomic E-state index is 0.0537. The second-order valence-electron chi connectivity index (χ2n) is 3.31. The van der Waals surface area contributed by atoms with Crippen molar-refractivity contribution in [3.05, 3.63) is 28.7 Å². The highest BCUT2D eigenvalue weighted by atomic mass is 79.9. The van der Waals surface area contributed by atoms with Crippen LogP contribution in [-0.4, -0.2) is 25.1 Å². The molecule has 0 amide bonds. The number of nitrogens with one attached hydrogen (secondary N) is 1. The Kier molecular flexibility index (Phi) is 3.31. The van der Waals surface area contributed by atoms with Gasteiger partial charge in [-0.1, -0.05) is 33.6 Å². The standard InChI is InChI=1S/C10H12BrClN2/c11-8-2-1-3-9(6-8)14-5-4-13-7-10(14)12/h1-3,6,10,13H,4-5,7H2. The second-order valence-corrected chi connectivity index (χ2v) is 4.73. The van der Waals surface area contributed by atoms with E-state index < -0.39 is 0 Å². The Bertz CT molecular complexity index is 319. The van der Waals surface area contributed by atoms with Gasteiger partial charge in [-0.3, -0.25) is 0 Å². The lowest BCUT2D eigenvalue weighted by Crippen LogP contribution is -2.48. The fourth-order valence-corrected chi connectivity index (χ4v) is 2.32. The van der Waals surface area contributed by atoms with Gasteiger partial charge in [0, 0.05) is 29.8 Å². The van der Waals surface area contributed by atoms with Crippen LogP contribution in [0, 0.1) is 0 Å². The van der Waals surface area contributed by atoms with Crippen molar-refractivity contribution in [2.24, 2.45) is 0 Å². The van der Waals surface area contributed by atoms with Crippen molar-refractivity contribution in [3.8, 4) is 0 Å². The SMILES string of the molecule is ClC1CNCCN1c1cccc(Br)c1. The minimum absolute atomic E-state index is 0.0537. The smallest absolute Gasteiger partial charge is 0.116 e. The Morgan fingerprint density at radius 1 is 1.50 bits per heavy atom. The summed E-state index contributed by atoms with van der Waals surface area (Å²) in [6.07, 6.45) is 0. The average molecular weight is 276 g/mol. The maximum absolute atomic E-state index is 6.22.